The maximum Gasteiger partial charge on any atom is 0.0219 e. The zero-order valence-corrected chi connectivity index (χ0v) is 30.3. The Morgan fingerprint density at radius 2 is 1.27 bits per heavy atom. The van der Waals surface area contributed by atoms with Crippen molar-refractivity contribution in [2.75, 3.05) is 0 Å². The fourth-order valence-corrected chi connectivity index (χ4v) is 3.52. The van der Waals surface area contributed by atoms with Crippen molar-refractivity contribution in [1.29, 1.82) is 5.41 Å². The average molecular weight is 607 g/mol. The lowest BCUT2D eigenvalue weighted by atomic mass is 9.96. The van der Waals surface area contributed by atoms with Crippen molar-refractivity contribution in [1.82, 2.24) is 0 Å². The van der Waals surface area contributed by atoms with Crippen LogP contribution in [0.3, 0.4) is 0 Å². The van der Waals surface area contributed by atoms with Gasteiger partial charge in [0.2, 0.25) is 0 Å². The van der Waals surface area contributed by atoms with E-state index in [1.807, 2.05) is 71.0 Å². The highest BCUT2D eigenvalue weighted by atomic mass is 14.6. The Hall–Kier alpha value is -4.01. The van der Waals surface area contributed by atoms with Crippen molar-refractivity contribution in [3.63, 3.8) is 0 Å². The van der Waals surface area contributed by atoms with Crippen molar-refractivity contribution in [2.45, 2.75) is 95.0 Å². The van der Waals surface area contributed by atoms with Gasteiger partial charge < -0.3 is 11.1 Å². The van der Waals surface area contributed by atoms with Gasteiger partial charge in [-0.1, -0.05) is 149 Å². The first-order chi connectivity index (χ1) is 21.4. The van der Waals surface area contributed by atoms with E-state index >= 15 is 0 Å². The van der Waals surface area contributed by atoms with Gasteiger partial charge in [0, 0.05) is 12.3 Å². The highest BCUT2D eigenvalue weighted by Crippen LogP contribution is 2.23. The summed E-state index contributed by atoms with van der Waals surface area (Å²) in [5, 5.41) is 7.34. The fraction of sp³-hybridized carbons (Fsp3) is 0.326. The van der Waals surface area contributed by atoms with Gasteiger partial charge in [-0.15, -0.1) is 0 Å². The number of nitrogens with two attached hydrogens (primary N) is 1. The van der Waals surface area contributed by atoms with Gasteiger partial charge in [0.05, 0.1) is 0 Å². The molecule has 0 aromatic heterocycles. The molecule has 45 heavy (non-hydrogen) atoms. The number of aryl methyl sites for hydroxylation is 3. The highest BCUT2D eigenvalue weighted by molar-refractivity contribution is 5.82. The Bertz CT molecular complexity index is 1330. The molecule has 0 amide bonds. The van der Waals surface area contributed by atoms with Gasteiger partial charge in [-0.05, 0) is 106 Å². The fourth-order valence-electron chi connectivity index (χ4n) is 3.52. The van der Waals surface area contributed by atoms with Crippen molar-refractivity contribution in [3.05, 3.63) is 154 Å². The second-order valence-electron chi connectivity index (χ2n) is 10.9. The molecule has 0 saturated heterocycles. The second kappa shape index (κ2) is 26.4. The highest BCUT2D eigenvalue weighted by Gasteiger charge is 2.03. The lowest BCUT2D eigenvalue weighted by Gasteiger charge is -2.09. The van der Waals surface area contributed by atoms with Crippen LogP contribution in [-0.2, 0) is 12.8 Å². The van der Waals surface area contributed by atoms with Gasteiger partial charge in [0.1, 0.15) is 0 Å². The minimum atomic E-state index is 0.157. The molecule has 3 N–H and O–H groups in total. The molecule has 3 aromatic rings. The molecular formula is C43H62N2. The number of hydrogen-bond donors (Lipinski definition) is 2. The number of rotatable bonds is 8. The van der Waals surface area contributed by atoms with E-state index in [9.17, 15) is 0 Å². The summed E-state index contributed by atoms with van der Waals surface area (Å²) in [5.41, 5.74) is 17.6. The van der Waals surface area contributed by atoms with Crippen LogP contribution in [0.2, 0.25) is 0 Å². The van der Waals surface area contributed by atoms with E-state index in [0.29, 0.717) is 0 Å². The van der Waals surface area contributed by atoms with Crippen LogP contribution in [0.4, 0.5) is 0 Å². The van der Waals surface area contributed by atoms with Gasteiger partial charge >= 0.3 is 0 Å². The average Bonchev–Trinajstić information content (AvgIpc) is 3.06. The molecule has 1 atom stereocenters. The molecule has 0 fully saturated rings. The van der Waals surface area contributed by atoms with E-state index in [4.69, 9.17) is 11.1 Å². The third kappa shape index (κ3) is 20.6. The third-order valence-corrected chi connectivity index (χ3v) is 6.73. The summed E-state index contributed by atoms with van der Waals surface area (Å²) in [6, 6.07) is 27.4. The summed E-state index contributed by atoms with van der Waals surface area (Å²) in [5.74, 6) is 0. The van der Waals surface area contributed by atoms with E-state index in [0.717, 1.165) is 29.6 Å². The molecule has 0 aliphatic carbocycles. The molecule has 1 unspecified atom stereocenters. The summed E-state index contributed by atoms with van der Waals surface area (Å²) in [6.45, 7) is 29.8. The van der Waals surface area contributed by atoms with Gasteiger partial charge in [-0.3, -0.25) is 0 Å². The SMILES string of the molecule is C=C(C)C(C)N.C=Cc1ccccc1.CC.CC(C)=C/C(=C\C(C)=C(/C)C=N)c1ccccc1C.CCc1cccc(CC)c1. The van der Waals surface area contributed by atoms with E-state index in [2.05, 4.69) is 115 Å². The largest absolute Gasteiger partial charge is 0.324 e. The van der Waals surface area contributed by atoms with E-state index < -0.39 is 0 Å². The van der Waals surface area contributed by atoms with Crippen molar-refractivity contribution in [3.8, 4) is 0 Å². The molecule has 3 aromatic carbocycles. The van der Waals surface area contributed by atoms with Crippen molar-refractivity contribution >= 4 is 17.9 Å². The predicted molar refractivity (Wildman–Crippen MR) is 207 cm³/mol. The van der Waals surface area contributed by atoms with Gasteiger partial charge in [0.25, 0.3) is 0 Å². The Morgan fingerprint density at radius 1 is 0.778 bits per heavy atom. The summed E-state index contributed by atoms with van der Waals surface area (Å²) in [4.78, 5) is 0. The Kier molecular flexibility index (Phi) is 25.3. The number of hydrogen-bond acceptors (Lipinski definition) is 2. The molecule has 0 aliphatic rings. The van der Waals surface area contributed by atoms with Crippen molar-refractivity contribution < 1.29 is 0 Å². The molecule has 0 spiro atoms. The number of nitrogens with one attached hydrogen (secondary N) is 1. The topological polar surface area (TPSA) is 49.9 Å². The smallest absolute Gasteiger partial charge is 0.0219 e. The molecular weight excluding hydrogens is 544 g/mol. The molecule has 244 valence electrons. The summed E-state index contributed by atoms with van der Waals surface area (Å²) in [6.07, 6.45) is 9.89. The zero-order valence-electron chi connectivity index (χ0n) is 30.3. The van der Waals surface area contributed by atoms with E-state index in [1.54, 1.807) is 0 Å². The first-order valence-electron chi connectivity index (χ1n) is 16.2. The lowest BCUT2D eigenvalue weighted by molar-refractivity contribution is 0.865. The molecule has 0 heterocycles. The minimum Gasteiger partial charge on any atom is -0.324 e. The molecule has 3 rings (SSSR count). The molecule has 2 nitrogen and oxygen atoms in total. The Morgan fingerprint density at radius 3 is 1.64 bits per heavy atom. The van der Waals surface area contributed by atoms with Crippen LogP contribution < -0.4 is 5.73 Å². The third-order valence-electron chi connectivity index (χ3n) is 6.73. The van der Waals surface area contributed by atoms with Crippen LogP contribution in [0.25, 0.3) is 11.6 Å². The summed E-state index contributed by atoms with van der Waals surface area (Å²) >= 11 is 0. The molecule has 0 aliphatic heterocycles. The van der Waals surface area contributed by atoms with E-state index in [-0.39, 0.29) is 6.04 Å². The van der Waals surface area contributed by atoms with Crippen LogP contribution in [0.5, 0.6) is 0 Å². The monoisotopic (exact) mass is 606 g/mol. The van der Waals surface area contributed by atoms with Gasteiger partial charge in [-0.25, -0.2) is 0 Å². The lowest BCUT2D eigenvalue weighted by Crippen LogP contribution is -2.14. The van der Waals surface area contributed by atoms with Crippen LogP contribution in [0, 0.1) is 12.3 Å². The van der Waals surface area contributed by atoms with Gasteiger partial charge in [-0.2, -0.15) is 0 Å². The number of allylic oxidation sites excluding steroid dienone is 6. The van der Waals surface area contributed by atoms with Gasteiger partial charge in [0.15, 0.2) is 0 Å². The molecule has 0 bridgehead atoms. The second-order valence-corrected chi connectivity index (χ2v) is 10.9. The number of benzene rings is 3. The maximum absolute atomic E-state index is 7.34. The summed E-state index contributed by atoms with van der Waals surface area (Å²) < 4.78 is 0. The van der Waals surface area contributed by atoms with Crippen LogP contribution >= 0.6 is 0 Å². The standard InChI is InChI=1S/C18H23N.C10H14.C8H8.C5H11N.C2H6/c1-13(2)10-17(11-15(4)16(5)12-19)18-9-7-6-8-14(18)3;1-3-9-6-5-7-10(4-2)8-9;1-2-8-6-4-3-5-7-8;1-4(2)5(3)6;1-2/h6-12,19H,1-5H3;5-8H,3-4H2,1-2H3;2-7H,1H2;5H,1,6H2,2-3H3;1-2H3/b16-15+,17-11+,19-12?;;;;. The normalized spacial score (nSPS) is 11.1. The van der Waals surface area contributed by atoms with Crippen molar-refractivity contribution in [2.24, 2.45) is 5.73 Å². The Balaban J connectivity index is 0. The molecule has 0 saturated carbocycles. The summed E-state index contributed by atoms with van der Waals surface area (Å²) in [7, 11) is 0. The quantitative estimate of drug-likeness (QED) is 0.150. The zero-order chi connectivity index (χ0) is 34.8. The first-order valence-corrected chi connectivity index (χ1v) is 16.2. The van der Waals surface area contributed by atoms with Crippen LogP contribution in [0.1, 0.15) is 97.1 Å². The van der Waals surface area contributed by atoms with Crippen LogP contribution in [-0.4, -0.2) is 12.3 Å². The first kappa shape index (κ1) is 43.1. The minimum absolute atomic E-state index is 0.157. The van der Waals surface area contributed by atoms with E-state index in [1.165, 1.54) is 45.2 Å². The molecule has 2 heteroatoms. The van der Waals surface area contributed by atoms with Crippen LogP contribution in [0.15, 0.2) is 126 Å². The molecule has 0 radical (unpaired) electrons. The predicted octanol–water partition coefficient (Wildman–Crippen LogP) is 12.4. The maximum atomic E-state index is 7.34. The Labute approximate surface area is 277 Å².